The first-order valence-electron chi connectivity index (χ1n) is 8.41. The second kappa shape index (κ2) is 7.36. The molecule has 1 atom stereocenters. The molecule has 6 rings (SSSR count). The summed E-state index contributed by atoms with van der Waals surface area (Å²) in [5.41, 5.74) is 2.71. The number of rotatable bonds is 2. The van der Waals surface area contributed by atoms with Gasteiger partial charge in [0, 0.05) is 0 Å². The summed E-state index contributed by atoms with van der Waals surface area (Å²) in [5.74, 6) is 0.589. The van der Waals surface area contributed by atoms with Crippen LogP contribution in [0.4, 0.5) is 0 Å². The number of allylic oxidation sites excluding steroid dienone is 4. The zero-order chi connectivity index (χ0) is 15.8. The molecule has 3 aliphatic rings. The van der Waals surface area contributed by atoms with Crippen LogP contribution in [-0.4, -0.2) is 13.2 Å². The third kappa shape index (κ3) is 2.48. The number of hydrogen-bond acceptors (Lipinski definition) is 1. The van der Waals surface area contributed by atoms with Gasteiger partial charge >= 0.3 is 26.2 Å². The summed E-state index contributed by atoms with van der Waals surface area (Å²) in [6.07, 6.45) is 7.57. The van der Waals surface area contributed by atoms with Gasteiger partial charge in [0.05, 0.1) is 13.8 Å². The van der Waals surface area contributed by atoms with Crippen LogP contribution in [0.25, 0.3) is 27.1 Å². The fraction of sp³-hybridized carbons (Fsp3) is 0.190. The monoisotopic (exact) mass is 475 g/mol. The van der Waals surface area contributed by atoms with Crippen molar-refractivity contribution in [3.63, 3.8) is 0 Å². The van der Waals surface area contributed by atoms with Crippen LogP contribution in [0.2, 0.25) is 12.6 Å². The van der Waals surface area contributed by atoms with Crippen LogP contribution in [0, 0.1) is 0 Å². The van der Waals surface area contributed by atoms with Gasteiger partial charge < -0.3 is 29.9 Å². The van der Waals surface area contributed by atoms with Crippen molar-refractivity contribution in [2.45, 2.75) is 25.9 Å². The molecule has 2 bridgehead atoms. The first-order chi connectivity index (χ1) is 11.2. The van der Waals surface area contributed by atoms with Gasteiger partial charge in [-0.1, -0.05) is 66.7 Å². The molecule has 3 aromatic rings. The number of phenolic OH excluding ortho intramolecular Hbond substituents is 1. The molecule has 1 N–H and O–H groups in total. The Morgan fingerprint density at radius 1 is 1.15 bits per heavy atom. The van der Waals surface area contributed by atoms with Crippen LogP contribution in [-0.2, 0) is 26.2 Å². The molecule has 1 unspecified atom stereocenters. The van der Waals surface area contributed by atoms with Crippen molar-refractivity contribution < 1.29 is 56.1 Å². The normalized spacial score (nSPS) is 19.4. The molecule has 0 saturated heterocycles. The zero-order valence-corrected chi connectivity index (χ0v) is 19.7. The van der Waals surface area contributed by atoms with E-state index in [4.69, 9.17) is 0 Å². The summed E-state index contributed by atoms with van der Waals surface area (Å²) in [6.45, 7) is 4.70. The number of aromatic hydroxyl groups is 1. The Hall–Kier alpha value is -0.730. The molecule has 1 nitrogen and oxygen atoms in total. The van der Waals surface area contributed by atoms with E-state index in [9.17, 15) is 5.11 Å². The van der Waals surface area contributed by atoms with Gasteiger partial charge in [-0.25, -0.2) is 0 Å². The summed E-state index contributed by atoms with van der Waals surface area (Å²) in [6, 6.07) is 12.1. The van der Waals surface area contributed by atoms with Gasteiger partial charge in [-0.3, -0.25) is 0 Å². The predicted molar refractivity (Wildman–Crippen MR) is 102 cm³/mol. The van der Waals surface area contributed by atoms with Crippen molar-refractivity contribution in [3.8, 4) is 5.75 Å². The maximum absolute atomic E-state index is 10.8. The molecule has 3 aromatic carbocycles. The standard InChI is InChI=1S/C21H19OSi.2ClH.Zr/c1-3-23(2)20-16-12-14-10-6-7-11-15(14)18(16)17(21(23)19(20)22)13-8-4-5-9-13;;;/h4-8,10-12,22H,3,9H2,1-2H3;2*1H;/q-1;;;+3/p-2. The Morgan fingerprint density at radius 2 is 1.88 bits per heavy atom. The van der Waals surface area contributed by atoms with Crippen LogP contribution >= 0.6 is 0 Å². The third-order valence-electron chi connectivity index (χ3n) is 5.95. The van der Waals surface area contributed by atoms with Gasteiger partial charge in [-0.05, 0) is 17.2 Å². The Balaban J connectivity index is 0.000000810. The van der Waals surface area contributed by atoms with E-state index in [1.165, 1.54) is 43.1 Å². The Kier molecular flexibility index (Phi) is 6.10. The number of hydrogen-bond donors (Lipinski definition) is 1. The van der Waals surface area contributed by atoms with Gasteiger partial charge in [-0.15, -0.1) is 33.7 Å². The molecular formula is C21H19Cl2OSiZr. The first-order valence-corrected chi connectivity index (χ1v) is 11.1. The maximum Gasteiger partial charge on any atom is 3.00 e. The van der Waals surface area contributed by atoms with Crippen LogP contribution < -0.4 is 35.2 Å². The minimum absolute atomic E-state index is 0. The summed E-state index contributed by atoms with van der Waals surface area (Å²) in [7, 11) is -1.68. The molecule has 5 heteroatoms. The molecule has 0 aromatic heterocycles. The van der Waals surface area contributed by atoms with Crippen LogP contribution in [0.3, 0.4) is 0 Å². The van der Waals surface area contributed by atoms with Gasteiger partial charge in [0.2, 0.25) is 0 Å². The largest absolute Gasteiger partial charge is 3.00 e. The summed E-state index contributed by atoms with van der Waals surface area (Å²) >= 11 is 0. The molecule has 2 heterocycles. The molecule has 0 saturated carbocycles. The number of phenols is 1. The minimum atomic E-state index is -1.68. The van der Waals surface area contributed by atoms with Crippen LogP contribution in [0.15, 0.2) is 48.6 Å². The fourth-order valence-corrected chi connectivity index (χ4v) is 8.35. The Morgan fingerprint density at radius 3 is 2.54 bits per heavy atom. The van der Waals surface area contributed by atoms with Crippen molar-refractivity contribution >= 4 is 45.6 Å². The zero-order valence-electron chi connectivity index (χ0n) is 14.7. The van der Waals surface area contributed by atoms with Gasteiger partial charge in [0.25, 0.3) is 0 Å². The van der Waals surface area contributed by atoms with E-state index in [-0.39, 0.29) is 51.0 Å². The van der Waals surface area contributed by atoms with E-state index < -0.39 is 8.07 Å². The molecular weight excluding hydrogens is 458 g/mol. The number of fused-ring (bicyclic) bond motifs is 1. The van der Waals surface area contributed by atoms with E-state index in [1.807, 2.05) is 0 Å². The van der Waals surface area contributed by atoms with E-state index >= 15 is 0 Å². The molecule has 0 amide bonds. The van der Waals surface area contributed by atoms with Gasteiger partial charge in [0.1, 0.15) is 0 Å². The molecule has 2 aliphatic heterocycles. The van der Waals surface area contributed by atoms with Crippen molar-refractivity contribution in [2.75, 3.05) is 0 Å². The summed E-state index contributed by atoms with van der Waals surface area (Å²) in [5, 5.41) is 18.7. The first kappa shape index (κ1) is 21.6. The van der Waals surface area contributed by atoms with Crippen LogP contribution in [0.1, 0.15) is 18.9 Å². The maximum atomic E-state index is 10.8. The van der Waals surface area contributed by atoms with Crippen molar-refractivity contribution in [3.05, 3.63) is 54.1 Å². The van der Waals surface area contributed by atoms with Gasteiger partial charge in [-0.2, -0.15) is 0 Å². The van der Waals surface area contributed by atoms with Crippen molar-refractivity contribution in [1.82, 2.24) is 0 Å². The summed E-state index contributed by atoms with van der Waals surface area (Å²) in [4.78, 5) is 0. The topological polar surface area (TPSA) is 20.2 Å². The Bertz CT molecular complexity index is 1070. The van der Waals surface area contributed by atoms with Crippen molar-refractivity contribution in [1.29, 1.82) is 0 Å². The second-order valence-corrected chi connectivity index (χ2v) is 11.4. The average Bonchev–Trinajstić information content (AvgIpc) is 3.21. The molecule has 131 valence electrons. The fourth-order valence-electron chi connectivity index (χ4n) is 4.65. The average molecular weight is 478 g/mol. The number of benzene rings is 2. The third-order valence-corrected chi connectivity index (χ3v) is 10.6. The quantitative estimate of drug-likeness (QED) is 0.345. The van der Waals surface area contributed by atoms with E-state index in [0.29, 0.717) is 5.75 Å². The second-order valence-electron chi connectivity index (χ2n) is 7.00. The molecule has 26 heavy (non-hydrogen) atoms. The molecule has 1 aliphatic carbocycles. The van der Waals surface area contributed by atoms with Crippen LogP contribution in [0.5, 0.6) is 5.75 Å². The minimum Gasteiger partial charge on any atom is -1.00 e. The van der Waals surface area contributed by atoms with Gasteiger partial charge in [0.15, 0.2) is 0 Å². The summed E-state index contributed by atoms with van der Waals surface area (Å²) < 4.78 is 0. The number of halogens is 2. The molecule has 0 fully saturated rings. The predicted octanol–water partition coefficient (Wildman–Crippen LogP) is -1.71. The van der Waals surface area contributed by atoms with E-state index in [2.05, 4.69) is 62.0 Å². The SMILES string of the molecule is CC[Si]1(C)c2c(O)c1c1[cH-]c3ccccc3c1c2C1=CC=CC1.[Cl-].[Cl-].[Zr+3]. The van der Waals surface area contributed by atoms with Crippen molar-refractivity contribution in [2.24, 2.45) is 0 Å². The van der Waals surface area contributed by atoms with E-state index in [1.54, 1.807) is 0 Å². The molecule has 0 spiro atoms. The smallest absolute Gasteiger partial charge is 1.00 e. The Labute approximate surface area is 186 Å². The molecule has 1 radical (unpaired) electrons. The van der Waals surface area contributed by atoms with E-state index in [0.717, 1.165) is 12.5 Å².